The molecule has 1 aliphatic carbocycles. The molecule has 0 spiro atoms. The molecule has 0 heterocycles. The molecular weight excluding hydrogens is 1010 g/mol. The molecule has 0 amide bonds. The third-order valence-electron chi connectivity index (χ3n) is 16.1. The van der Waals surface area contributed by atoms with Crippen LogP contribution in [0.3, 0.4) is 0 Å². The zero-order chi connectivity index (χ0) is 62.3. The molecule has 3 aromatic rings. The first kappa shape index (κ1) is 79.5. The third-order valence-corrected chi connectivity index (χ3v) is 16.1. The molecule has 4 heteroatoms. The molecule has 4 unspecified atom stereocenters. The Bertz CT molecular complexity index is 2270. The first-order chi connectivity index (χ1) is 38.1. The molecule has 1 aliphatic rings. The number of aryl methyl sites for hydroxylation is 3. The van der Waals surface area contributed by atoms with E-state index < -0.39 is 11.2 Å². The summed E-state index contributed by atoms with van der Waals surface area (Å²) < 4.78 is 0. The van der Waals surface area contributed by atoms with E-state index in [4.69, 9.17) is 0 Å². The van der Waals surface area contributed by atoms with Gasteiger partial charge in [0.1, 0.15) is 0 Å². The Kier molecular flexibility index (Phi) is 39.8. The monoisotopic (exact) mass is 1150 g/mol. The highest BCUT2D eigenvalue weighted by Gasteiger charge is 2.25. The van der Waals surface area contributed by atoms with Crippen molar-refractivity contribution in [1.29, 1.82) is 0 Å². The van der Waals surface area contributed by atoms with E-state index in [1.807, 2.05) is 27.7 Å². The number of aliphatic hydroxyl groups is 2. The minimum atomic E-state index is -0.561. The van der Waals surface area contributed by atoms with Crippen molar-refractivity contribution in [2.45, 2.75) is 292 Å². The van der Waals surface area contributed by atoms with Gasteiger partial charge in [-0.15, -0.1) is 0 Å². The minimum absolute atomic E-state index is 0. The maximum Gasteiger partial charge on any atom is 0.0594 e. The average molecular weight is 1150 g/mol. The first-order valence-electron chi connectivity index (χ1n) is 32.9. The fourth-order valence-corrected chi connectivity index (χ4v) is 11.6. The molecule has 0 aliphatic heterocycles. The Morgan fingerprint density at radius 1 is 0.482 bits per heavy atom. The average Bonchev–Trinajstić information content (AvgIpc) is 3.37. The molecule has 8 atom stereocenters. The van der Waals surface area contributed by atoms with Crippen LogP contribution in [-0.2, 0) is 0 Å². The standard InChI is InChI=1S/C20H36O.C20H34O.2C19H31N.CH4/c2*1-15(2)7-10-18(14-20(5,6)21)13-17(4)19-11-8-16(3)9-12-19;1-14(2)10-19(20-13-15(3)4)12-17(6)18-9-7-8-16(5)11-18;1-14(2)11-18(20-13-15(3)4)12-17(6)19-10-8-7-9-16(19)5;/h8,11,15,17-18,21H,7,9-10,12-14H2,1-6H3;8-9,11-12,15,17-18,21H,7,10,13-14H2,1-6H3;7-11,15,17,19-20H,12-13H2,1-6H3;7-11,15,17-18,20H,12-13H2,1-6H3;1H4/t2*17-,18?;17-,19?;17-,18?;/m0000./s1. The highest BCUT2D eigenvalue weighted by Crippen LogP contribution is 2.35. The Balaban J connectivity index is 0.00000108. The molecule has 0 bridgehead atoms. The summed E-state index contributed by atoms with van der Waals surface area (Å²) in [7, 11) is 0. The van der Waals surface area contributed by atoms with Crippen molar-refractivity contribution in [3.8, 4) is 0 Å². The lowest BCUT2D eigenvalue weighted by Gasteiger charge is -2.29. The van der Waals surface area contributed by atoms with Gasteiger partial charge in [0.2, 0.25) is 0 Å². The van der Waals surface area contributed by atoms with E-state index in [1.54, 1.807) is 5.57 Å². The fourth-order valence-electron chi connectivity index (χ4n) is 11.6. The molecule has 0 radical (unpaired) electrons. The van der Waals surface area contributed by atoms with E-state index in [0.717, 1.165) is 50.6 Å². The predicted molar refractivity (Wildman–Crippen MR) is 373 cm³/mol. The summed E-state index contributed by atoms with van der Waals surface area (Å²) in [6.45, 7) is 54.9. The van der Waals surface area contributed by atoms with Crippen molar-refractivity contribution in [2.75, 3.05) is 13.1 Å². The van der Waals surface area contributed by atoms with Gasteiger partial charge in [-0.2, -0.15) is 0 Å². The molecule has 83 heavy (non-hydrogen) atoms. The number of hydrogen-bond donors (Lipinski definition) is 4. The van der Waals surface area contributed by atoms with Gasteiger partial charge in [0.25, 0.3) is 0 Å². The van der Waals surface area contributed by atoms with E-state index in [1.165, 1.54) is 101 Å². The van der Waals surface area contributed by atoms with E-state index in [9.17, 15) is 10.2 Å². The predicted octanol–water partition coefficient (Wildman–Crippen LogP) is 22.4. The second-order valence-electron chi connectivity index (χ2n) is 29.5. The Morgan fingerprint density at radius 3 is 1.35 bits per heavy atom. The highest BCUT2D eigenvalue weighted by atomic mass is 16.3. The van der Waals surface area contributed by atoms with Gasteiger partial charge in [-0.1, -0.05) is 247 Å². The van der Waals surface area contributed by atoms with Gasteiger partial charge in [-0.25, -0.2) is 0 Å². The van der Waals surface area contributed by atoms with Crippen LogP contribution in [0.5, 0.6) is 0 Å². The molecular formula is C79H136N2O2. The van der Waals surface area contributed by atoms with Gasteiger partial charge in [-0.05, 0) is 229 Å². The van der Waals surface area contributed by atoms with Crippen LogP contribution < -0.4 is 10.6 Å². The zero-order valence-electron chi connectivity index (χ0n) is 58.0. The summed E-state index contributed by atoms with van der Waals surface area (Å²) >= 11 is 0. The maximum atomic E-state index is 10.2. The second-order valence-corrected chi connectivity index (χ2v) is 29.5. The molecule has 0 saturated carbocycles. The topological polar surface area (TPSA) is 64.5 Å². The lowest BCUT2D eigenvalue weighted by Crippen LogP contribution is -2.32. The summed E-state index contributed by atoms with van der Waals surface area (Å²) in [4.78, 5) is 0. The molecule has 0 fully saturated rings. The van der Waals surface area contributed by atoms with Crippen LogP contribution in [0, 0.1) is 62.2 Å². The molecule has 0 aromatic heterocycles. The first-order valence-corrected chi connectivity index (χ1v) is 32.9. The van der Waals surface area contributed by atoms with Crippen LogP contribution in [0.25, 0.3) is 0 Å². The van der Waals surface area contributed by atoms with Gasteiger partial charge >= 0.3 is 0 Å². The normalized spacial score (nSPS) is 15.5. The minimum Gasteiger partial charge on any atom is -0.390 e. The second kappa shape index (κ2) is 41.5. The fraction of sp³-hybridized carbons (Fsp3) is 0.671. The maximum absolute atomic E-state index is 10.2. The largest absolute Gasteiger partial charge is 0.390 e. The van der Waals surface area contributed by atoms with Crippen LogP contribution in [0.4, 0.5) is 0 Å². The van der Waals surface area contributed by atoms with Crippen molar-refractivity contribution >= 4 is 0 Å². The van der Waals surface area contributed by atoms with Gasteiger partial charge in [0.05, 0.1) is 11.2 Å². The van der Waals surface area contributed by atoms with Crippen LogP contribution in [-0.4, -0.2) is 46.6 Å². The van der Waals surface area contributed by atoms with Gasteiger partial charge in [-0.3, -0.25) is 0 Å². The molecule has 4 N–H and O–H groups in total. The number of benzene rings is 3. The Morgan fingerprint density at radius 2 is 0.940 bits per heavy atom. The van der Waals surface area contributed by atoms with Crippen molar-refractivity contribution in [3.63, 3.8) is 0 Å². The summed E-state index contributed by atoms with van der Waals surface area (Å²) in [5.41, 5.74) is 13.2. The summed E-state index contributed by atoms with van der Waals surface area (Å²) in [5, 5.41) is 27.7. The molecule has 474 valence electrons. The molecule has 4 nitrogen and oxygen atoms in total. The van der Waals surface area contributed by atoms with Crippen LogP contribution in [0.2, 0.25) is 0 Å². The number of nitrogens with one attached hydrogen (secondary N) is 2. The quantitative estimate of drug-likeness (QED) is 0.0502. The van der Waals surface area contributed by atoms with E-state index in [2.05, 4.69) is 246 Å². The summed E-state index contributed by atoms with van der Waals surface area (Å²) in [6.07, 6.45) is 23.3. The van der Waals surface area contributed by atoms with Crippen LogP contribution in [0.15, 0.2) is 119 Å². The highest BCUT2D eigenvalue weighted by molar-refractivity contribution is 5.30. The third kappa shape index (κ3) is 39.7. The van der Waals surface area contributed by atoms with E-state index in [-0.39, 0.29) is 7.43 Å². The number of hydrogen-bond acceptors (Lipinski definition) is 4. The molecule has 0 saturated heterocycles. The summed E-state index contributed by atoms with van der Waals surface area (Å²) in [6, 6.07) is 27.5. The lowest BCUT2D eigenvalue weighted by molar-refractivity contribution is 0.0462. The van der Waals surface area contributed by atoms with E-state index in [0.29, 0.717) is 59.4 Å². The summed E-state index contributed by atoms with van der Waals surface area (Å²) in [5.74, 6) is 6.48. The van der Waals surface area contributed by atoms with Crippen LogP contribution in [0.1, 0.15) is 281 Å². The van der Waals surface area contributed by atoms with Gasteiger partial charge < -0.3 is 20.8 Å². The van der Waals surface area contributed by atoms with Crippen molar-refractivity contribution in [1.82, 2.24) is 10.6 Å². The van der Waals surface area contributed by atoms with Crippen molar-refractivity contribution in [3.05, 3.63) is 153 Å². The van der Waals surface area contributed by atoms with Crippen molar-refractivity contribution in [2.24, 2.45) is 41.4 Å². The van der Waals surface area contributed by atoms with Gasteiger partial charge in [0, 0.05) is 12.1 Å². The SMILES string of the molecule is C.CC(C)=CC(C[C@H](C)c1cccc(C)c1)NCC(C)C.CC(C)=CC(C[C@H](C)c1ccccc1C)NCC(C)C.CC1=CC=C([C@@H](C)CC(CCC(C)C)CC(C)(C)O)CC1.Cc1ccc([C@@H](C)CC(CCC(C)C)CC(C)(C)O)cc1. The van der Waals surface area contributed by atoms with E-state index >= 15 is 0 Å². The number of allylic oxidation sites excluding steroid dienone is 6. The lowest BCUT2D eigenvalue weighted by atomic mass is 9.79. The van der Waals surface area contributed by atoms with Gasteiger partial charge in [0.15, 0.2) is 0 Å². The number of rotatable bonds is 30. The van der Waals surface area contributed by atoms with Crippen LogP contribution >= 0.6 is 0 Å². The Hall–Kier alpha value is -3.54. The molecule has 3 aromatic carbocycles. The van der Waals surface area contributed by atoms with Crippen molar-refractivity contribution < 1.29 is 10.2 Å². The smallest absolute Gasteiger partial charge is 0.0594 e. The Labute approximate surface area is 517 Å². The molecule has 4 rings (SSSR count). The zero-order valence-corrected chi connectivity index (χ0v) is 58.0.